The van der Waals surface area contributed by atoms with Crippen LogP contribution in [0.4, 0.5) is 0 Å². The number of hydroxylamine groups is 1. The zero-order chi connectivity index (χ0) is 26.2. The maximum atomic E-state index is 13.3. The first kappa shape index (κ1) is 25.1. The lowest BCUT2D eigenvalue weighted by Gasteiger charge is -2.36. The van der Waals surface area contributed by atoms with E-state index in [-0.39, 0.29) is 11.7 Å². The van der Waals surface area contributed by atoms with Gasteiger partial charge in [-0.3, -0.25) is 4.98 Å². The van der Waals surface area contributed by atoms with Crippen molar-refractivity contribution in [2.75, 3.05) is 7.11 Å². The Morgan fingerprint density at radius 3 is 2.35 bits per heavy atom. The highest BCUT2D eigenvalue weighted by Gasteiger charge is 2.44. The molecule has 0 bridgehead atoms. The summed E-state index contributed by atoms with van der Waals surface area (Å²) in [5.74, 6) is 0.617. The average molecular weight is 498 g/mol. The number of hydrogen-bond donors (Lipinski definition) is 3. The second-order valence-electron chi connectivity index (χ2n) is 10.3. The van der Waals surface area contributed by atoms with E-state index in [0.717, 1.165) is 40.8 Å². The van der Waals surface area contributed by atoms with Crippen LogP contribution in [0.5, 0.6) is 0 Å². The van der Waals surface area contributed by atoms with Crippen LogP contribution in [0, 0.1) is 13.8 Å². The molecule has 1 aliphatic rings. The third-order valence-electron chi connectivity index (χ3n) is 7.36. The van der Waals surface area contributed by atoms with Crippen molar-refractivity contribution in [1.29, 1.82) is 0 Å². The van der Waals surface area contributed by atoms with Gasteiger partial charge in [0.15, 0.2) is 0 Å². The first-order valence-electron chi connectivity index (χ1n) is 12.8. The highest BCUT2D eigenvalue weighted by atomic mass is 16.6. The summed E-state index contributed by atoms with van der Waals surface area (Å²) in [4.78, 5) is 21.6. The second-order valence-corrected chi connectivity index (χ2v) is 10.3. The van der Waals surface area contributed by atoms with E-state index in [1.54, 1.807) is 7.11 Å². The van der Waals surface area contributed by atoms with Crippen molar-refractivity contribution in [3.05, 3.63) is 116 Å². The maximum Gasteiger partial charge on any atom is 0.348 e. The Balaban J connectivity index is 1.79. The third-order valence-corrected chi connectivity index (χ3v) is 7.36. The molecule has 0 saturated carbocycles. The Morgan fingerprint density at radius 2 is 1.68 bits per heavy atom. The van der Waals surface area contributed by atoms with Gasteiger partial charge in [0, 0.05) is 12.6 Å². The molecule has 1 aromatic heterocycles. The number of fused-ring (bicyclic) bond motifs is 2. The Morgan fingerprint density at radius 1 is 1.03 bits per heavy atom. The number of aromatic amines is 1. The topological polar surface area (TPSA) is 98.0 Å². The van der Waals surface area contributed by atoms with Crippen molar-refractivity contribution in [3.8, 4) is 5.69 Å². The van der Waals surface area contributed by atoms with Crippen LogP contribution in [-0.4, -0.2) is 27.9 Å². The highest BCUT2D eigenvalue weighted by molar-refractivity contribution is 5.56. The molecule has 4 aromatic rings. The van der Waals surface area contributed by atoms with Crippen LogP contribution in [0.25, 0.3) is 5.69 Å². The molecule has 7 heteroatoms. The Hall–Kier alpha value is -3.52. The molecular weight excluding hydrogens is 462 g/mol. The van der Waals surface area contributed by atoms with Gasteiger partial charge in [-0.2, -0.15) is 10.2 Å². The van der Waals surface area contributed by atoms with Gasteiger partial charge >= 0.3 is 5.69 Å². The molecule has 0 fully saturated rings. The third kappa shape index (κ3) is 4.66. The van der Waals surface area contributed by atoms with E-state index in [2.05, 4.69) is 53.8 Å². The molecule has 1 unspecified atom stereocenters. The summed E-state index contributed by atoms with van der Waals surface area (Å²) in [5.41, 5.74) is 17.5. The van der Waals surface area contributed by atoms with Crippen LogP contribution in [0.2, 0.25) is 0 Å². The van der Waals surface area contributed by atoms with Crippen LogP contribution >= 0.6 is 0 Å². The molecule has 0 saturated heterocycles. The minimum Gasteiger partial charge on any atom is -0.328 e. The summed E-state index contributed by atoms with van der Waals surface area (Å²) in [7, 11) is 1.62. The number of aryl methyl sites for hydroxylation is 4. The number of nitrogens with one attached hydrogen (secondary N) is 2. The molecule has 37 heavy (non-hydrogen) atoms. The lowest BCUT2D eigenvalue weighted by atomic mass is 9.68. The van der Waals surface area contributed by atoms with E-state index < -0.39 is 5.41 Å². The summed E-state index contributed by atoms with van der Waals surface area (Å²) in [6, 6.07) is 20.8. The van der Waals surface area contributed by atoms with Crippen molar-refractivity contribution in [1.82, 2.24) is 20.2 Å². The van der Waals surface area contributed by atoms with Crippen LogP contribution in [0.3, 0.4) is 0 Å². The summed E-state index contributed by atoms with van der Waals surface area (Å²) < 4.78 is 1.47. The van der Waals surface area contributed by atoms with Gasteiger partial charge in [-0.25, -0.2) is 4.79 Å². The molecule has 192 valence electrons. The SMILES string of the molecule is CONCc1ccc2c(c1)CCc1cc(C)ccc1C2(C[C@H](C)N)c1nn(-c2ccc(C)cc2)c(=O)[nH]1. The van der Waals surface area contributed by atoms with Crippen LogP contribution < -0.4 is 16.9 Å². The number of aromatic nitrogens is 3. The molecule has 0 spiro atoms. The molecule has 0 radical (unpaired) electrons. The largest absolute Gasteiger partial charge is 0.348 e. The van der Waals surface area contributed by atoms with Gasteiger partial charge in [0.1, 0.15) is 5.82 Å². The zero-order valence-electron chi connectivity index (χ0n) is 22.0. The Kier molecular flexibility index (Phi) is 6.86. The van der Waals surface area contributed by atoms with Gasteiger partial charge < -0.3 is 10.6 Å². The molecular formula is C30H35N5O2. The fraction of sp³-hybridized carbons (Fsp3) is 0.333. The Bertz CT molecular complexity index is 1470. The molecule has 4 N–H and O–H groups in total. The lowest BCUT2D eigenvalue weighted by molar-refractivity contribution is 0.0867. The van der Waals surface area contributed by atoms with Crippen molar-refractivity contribution in [2.45, 2.75) is 58.0 Å². The van der Waals surface area contributed by atoms with Crippen molar-refractivity contribution < 1.29 is 4.84 Å². The van der Waals surface area contributed by atoms with E-state index in [0.29, 0.717) is 18.8 Å². The lowest BCUT2D eigenvalue weighted by Crippen LogP contribution is -2.38. The second kappa shape index (κ2) is 10.1. The molecule has 1 aliphatic carbocycles. The molecule has 0 aliphatic heterocycles. The van der Waals surface area contributed by atoms with Crippen molar-refractivity contribution in [3.63, 3.8) is 0 Å². The molecule has 1 heterocycles. The Labute approximate surface area is 217 Å². The van der Waals surface area contributed by atoms with Gasteiger partial charge in [-0.05, 0) is 80.0 Å². The monoisotopic (exact) mass is 497 g/mol. The molecule has 3 aromatic carbocycles. The number of nitrogens with two attached hydrogens (primary N) is 1. The van der Waals surface area contributed by atoms with Gasteiger partial charge in [0.25, 0.3) is 0 Å². The van der Waals surface area contributed by atoms with Crippen molar-refractivity contribution >= 4 is 0 Å². The van der Waals surface area contributed by atoms with E-state index in [9.17, 15) is 4.79 Å². The first-order chi connectivity index (χ1) is 17.8. The highest BCUT2D eigenvalue weighted by Crippen LogP contribution is 2.46. The van der Waals surface area contributed by atoms with Crippen LogP contribution in [-0.2, 0) is 29.6 Å². The number of benzene rings is 3. The quantitative estimate of drug-likeness (QED) is 0.335. The van der Waals surface area contributed by atoms with Gasteiger partial charge in [0.05, 0.1) is 18.2 Å². The van der Waals surface area contributed by atoms with Gasteiger partial charge in [-0.15, -0.1) is 5.10 Å². The van der Waals surface area contributed by atoms with E-state index >= 15 is 0 Å². The van der Waals surface area contributed by atoms with Gasteiger partial charge in [0.2, 0.25) is 0 Å². The number of nitrogens with zero attached hydrogens (tertiary/aromatic N) is 2. The summed E-state index contributed by atoms with van der Waals surface area (Å²) in [6.45, 7) is 6.77. The predicted molar refractivity (Wildman–Crippen MR) is 146 cm³/mol. The molecule has 7 nitrogen and oxygen atoms in total. The predicted octanol–water partition coefficient (Wildman–Crippen LogP) is 4.00. The normalized spacial score (nSPS) is 17.6. The zero-order valence-corrected chi connectivity index (χ0v) is 22.0. The fourth-order valence-corrected chi connectivity index (χ4v) is 5.73. The molecule has 2 atom stereocenters. The van der Waals surface area contributed by atoms with Crippen LogP contribution in [0.15, 0.2) is 65.5 Å². The van der Waals surface area contributed by atoms with Crippen LogP contribution in [0.1, 0.15) is 58.1 Å². The van der Waals surface area contributed by atoms with E-state index in [1.807, 2.05) is 38.1 Å². The van der Waals surface area contributed by atoms with Gasteiger partial charge in [-0.1, -0.05) is 59.7 Å². The molecule has 0 amide bonds. The number of rotatable bonds is 7. The average Bonchev–Trinajstić information content (AvgIpc) is 3.21. The minimum absolute atomic E-state index is 0.136. The van der Waals surface area contributed by atoms with E-state index in [1.165, 1.54) is 21.4 Å². The van der Waals surface area contributed by atoms with E-state index in [4.69, 9.17) is 15.7 Å². The summed E-state index contributed by atoms with van der Waals surface area (Å²) in [6.07, 6.45) is 2.39. The maximum absolute atomic E-state index is 13.3. The standard InChI is InChI=1S/C30H35N5O2/c1-19-5-11-25(12-6-19)35-29(36)33-28(34-35)30(17-21(3)31)26-13-7-20(2)15-23(26)9-10-24-16-22(18-32-37-4)8-14-27(24)30/h5-8,11-16,21,32H,9-10,17-18,31H2,1-4H3,(H,33,34,36)/t21-,30?/m0/s1. The number of H-pyrrole nitrogens is 1. The minimum atomic E-state index is -0.703. The summed E-state index contributed by atoms with van der Waals surface area (Å²) >= 11 is 0. The fourth-order valence-electron chi connectivity index (χ4n) is 5.73. The smallest absolute Gasteiger partial charge is 0.328 e. The van der Waals surface area contributed by atoms with Crippen molar-refractivity contribution in [2.24, 2.45) is 5.73 Å². The molecule has 5 rings (SSSR count). The number of hydrogen-bond acceptors (Lipinski definition) is 5. The summed E-state index contributed by atoms with van der Waals surface area (Å²) in [5, 5.41) is 4.95. The first-order valence-corrected chi connectivity index (χ1v) is 12.8.